The van der Waals surface area contributed by atoms with E-state index in [0.717, 1.165) is 79.2 Å². The van der Waals surface area contributed by atoms with Crippen molar-refractivity contribution in [2.75, 3.05) is 19.6 Å². The molecular weight excluding hydrogens is 424 g/mol. The van der Waals surface area contributed by atoms with Crippen LogP contribution in [0.2, 0.25) is 5.02 Å². The second-order valence-corrected chi connectivity index (χ2v) is 9.92. The van der Waals surface area contributed by atoms with Crippen molar-refractivity contribution >= 4 is 28.5 Å². The smallest absolute Gasteiger partial charge is 0.254 e. The van der Waals surface area contributed by atoms with Gasteiger partial charge in [0, 0.05) is 48.1 Å². The maximum absolute atomic E-state index is 12.7. The Morgan fingerprint density at radius 1 is 1.25 bits per heavy atom. The molecule has 5 rings (SSSR count). The average molecular weight is 453 g/mol. The molecule has 0 atom stereocenters. The van der Waals surface area contributed by atoms with Crippen LogP contribution in [0, 0.1) is 12.3 Å². The number of aromatic nitrogens is 2. The van der Waals surface area contributed by atoms with Crippen molar-refractivity contribution in [1.29, 1.82) is 0 Å². The molecule has 2 aromatic carbocycles. The summed E-state index contributed by atoms with van der Waals surface area (Å²) in [4.78, 5) is 22.6. The van der Waals surface area contributed by atoms with Crippen LogP contribution >= 0.6 is 11.6 Å². The van der Waals surface area contributed by atoms with Crippen LogP contribution in [-0.4, -0.2) is 51.6 Å². The SMILES string of the molecule is Cc1ccc(C(=O)N2CC3(CCC(NCCc4nc5ccc(Cl)cc5[nH]4)CC3)C2)cc1O. The molecule has 1 aromatic heterocycles. The zero-order valence-electron chi connectivity index (χ0n) is 18.3. The van der Waals surface area contributed by atoms with E-state index >= 15 is 0 Å². The van der Waals surface area contributed by atoms with E-state index in [-0.39, 0.29) is 17.1 Å². The van der Waals surface area contributed by atoms with Gasteiger partial charge in [0.1, 0.15) is 11.6 Å². The van der Waals surface area contributed by atoms with Crippen molar-refractivity contribution < 1.29 is 9.90 Å². The van der Waals surface area contributed by atoms with E-state index in [0.29, 0.717) is 11.6 Å². The van der Waals surface area contributed by atoms with Crippen LogP contribution in [0.3, 0.4) is 0 Å². The number of hydrogen-bond donors (Lipinski definition) is 3. The van der Waals surface area contributed by atoms with Gasteiger partial charge in [0.25, 0.3) is 5.91 Å². The predicted octanol–water partition coefficient (Wildman–Crippen LogP) is 4.45. The van der Waals surface area contributed by atoms with Crippen molar-refractivity contribution in [2.45, 2.75) is 45.1 Å². The Hall–Kier alpha value is -2.57. The van der Waals surface area contributed by atoms with Crippen molar-refractivity contribution in [2.24, 2.45) is 5.41 Å². The lowest BCUT2D eigenvalue weighted by molar-refractivity contribution is -0.0202. The molecule has 168 valence electrons. The second-order valence-electron chi connectivity index (χ2n) is 9.49. The number of nitrogens with zero attached hydrogens (tertiary/aromatic N) is 2. The molecule has 3 N–H and O–H groups in total. The second kappa shape index (κ2) is 8.41. The van der Waals surface area contributed by atoms with Crippen LogP contribution in [0.25, 0.3) is 11.0 Å². The Kier molecular flexibility index (Phi) is 5.59. The van der Waals surface area contributed by atoms with E-state index in [2.05, 4.69) is 15.3 Å². The molecule has 1 spiro atoms. The summed E-state index contributed by atoms with van der Waals surface area (Å²) in [7, 11) is 0. The topological polar surface area (TPSA) is 81.2 Å². The van der Waals surface area contributed by atoms with E-state index < -0.39 is 0 Å². The summed E-state index contributed by atoms with van der Waals surface area (Å²) in [5.74, 6) is 1.19. The fourth-order valence-electron chi connectivity index (χ4n) is 5.13. The first-order valence-electron chi connectivity index (χ1n) is 11.4. The molecule has 32 heavy (non-hydrogen) atoms. The number of aromatic amines is 1. The number of H-pyrrole nitrogens is 1. The van der Waals surface area contributed by atoms with Crippen molar-refractivity contribution in [1.82, 2.24) is 20.2 Å². The summed E-state index contributed by atoms with van der Waals surface area (Å²) < 4.78 is 0. The molecule has 1 saturated carbocycles. The average Bonchev–Trinajstić information content (AvgIpc) is 3.16. The van der Waals surface area contributed by atoms with Gasteiger partial charge in [-0.25, -0.2) is 4.98 Å². The van der Waals surface area contributed by atoms with Crippen molar-refractivity contribution in [3.05, 3.63) is 58.4 Å². The van der Waals surface area contributed by atoms with Crippen LogP contribution in [0.1, 0.15) is 47.4 Å². The summed E-state index contributed by atoms with van der Waals surface area (Å²) in [6.07, 6.45) is 5.44. The Morgan fingerprint density at radius 2 is 2.03 bits per heavy atom. The number of phenols is 1. The number of nitrogens with one attached hydrogen (secondary N) is 2. The first-order chi connectivity index (χ1) is 15.4. The van der Waals surface area contributed by atoms with E-state index in [1.807, 2.05) is 30.0 Å². The van der Waals surface area contributed by atoms with Gasteiger partial charge in [-0.15, -0.1) is 0 Å². The Bertz CT molecular complexity index is 1140. The van der Waals surface area contributed by atoms with Gasteiger partial charge >= 0.3 is 0 Å². The number of rotatable bonds is 5. The molecule has 1 amide bonds. The molecule has 2 heterocycles. The molecule has 1 saturated heterocycles. The van der Waals surface area contributed by atoms with Crippen molar-refractivity contribution in [3.8, 4) is 5.75 Å². The maximum Gasteiger partial charge on any atom is 0.254 e. The molecule has 2 fully saturated rings. The van der Waals surface area contributed by atoms with E-state index in [1.165, 1.54) is 0 Å². The minimum atomic E-state index is 0.0262. The monoisotopic (exact) mass is 452 g/mol. The van der Waals surface area contributed by atoms with Gasteiger partial charge < -0.3 is 20.3 Å². The number of amides is 1. The standard InChI is InChI=1S/C25H29ClN4O2/c1-16-2-3-17(12-22(16)31)24(32)30-14-25(15-30)9-6-19(7-10-25)27-11-8-23-28-20-5-4-18(26)13-21(20)29-23/h2-5,12-13,19,27,31H,6-11,14-15H2,1H3,(H,28,29). The van der Waals surface area contributed by atoms with Crippen LogP contribution in [0.15, 0.2) is 36.4 Å². The van der Waals surface area contributed by atoms with Crippen LogP contribution in [0.5, 0.6) is 5.75 Å². The molecule has 7 heteroatoms. The largest absolute Gasteiger partial charge is 0.508 e. The first kappa shape index (κ1) is 21.3. The number of imidazole rings is 1. The van der Waals surface area contributed by atoms with Crippen LogP contribution < -0.4 is 5.32 Å². The highest BCUT2D eigenvalue weighted by Gasteiger charge is 2.46. The molecular formula is C25H29ClN4O2. The number of halogens is 1. The Balaban J connectivity index is 1.07. The van der Waals surface area contributed by atoms with Gasteiger partial charge in [0.2, 0.25) is 0 Å². The molecule has 3 aromatic rings. The fraction of sp³-hybridized carbons (Fsp3) is 0.440. The molecule has 0 bridgehead atoms. The maximum atomic E-state index is 12.7. The minimum Gasteiger partial charge on any atom is -0.508 e. The summed E-state index contributed by atoms with van der Waals surface area (Å²) in [6.45, 7) is 4.39. The predicted molar refractivity (Wildman–Crippen MR) is 126 cm³/mol. The molecule has 1 aliphatic carbocycles. The third-order valence-corrected chi connectivity index (χ3v) is 7.36. The number of aromatic hydroxyl groups is 1. The third-order valence-electron chi connectivity index (χ3n) is 7.13. The number of phenolic OH excluding ortho intramolecular Hbond substituents is 1. The van der Waals surface area contributed by atoms with Gasteiger partial charge in [-0.3, -0.25) is 4.79 Å². The van der Waals surface area contributed by atoms with Gasteiger partial charge in [0.05, 0.1) is 11.0 Å². The van der Waals surface area contributed by atoms with Gasteiger partial charge in [-0.2, -0.15) is 0 Å². The number of likely N-dealkylation sites (tertiary alicyclic amines) is 1. The molecule has 0 radical (unpaired) electrons. The first-order valence-corrected chi connectivity index (χ1v) is 11.8. The van der Waals surface area contributed by atoms with Crippen LogP contribution in [-0.2, 0) is 6.42 Å². The highest BCUT2D eigenvalue weighted by molar-refractivity contribution is 6.31. The normalized spacial score (nSPS) is 18.2. The number of benzene rings is 2. The Labute approximate surface area is 193 Å². The summed E-state index contributed by atoms with van der Waals surface area (Å²) >= 11 is 6.05. The Morgan fingerprint density at radius 3 is 2.78 bits per heavy atom. The quantitative estimate of drug-likeness (QED) is 0.534. The molecule has 6 nitrogen and oxygen atoms in total. The van der Waals surface area contributed by atoms with Gasteiger partial charge in [0.15, 0.2) is 0 Å². The third kappa shape index (κ3) is 4.21. The summed E-state index contributed by atoms with van der Waals surface area (Å²) in [6, 6.07) is 11.4. The number of fused-ring (bicyclic) bond motifs is 1. The molecule has 0 unspecified atom stereocenters. The van der Waals surface area contributed by atoms with Gasteiger partial charge in [-0.1, -0.05) is 17.7 Å². The van der Waals surface area contributed by atoms with E-state index in [1.54, 1.807) is 18.2 Å². The number of hydrogen-bond acceptors (Lipinski definition) is 4. The number of aryl methyl sites for hydroxylation is 1. The summed E-state index contributed by atoms with van der Waals surface area (Å²) in [5.41, 5.74) is 3.58. The number of carbonyl (C=O) groups excluding carboxylic acids is 1. The highest BCUT2D eigenvalue weighted by Crippen LogP contribution is 2.44. The van der Waals surface area contributed by atoms with Gasteiger partial charge in [-0.05, 0) is 68.5 Å². The van der Waals surface area contributed by atoms with Crippen molar-refractivity contribution in [3.63, 3.8) is 0 Å². The molecule has 1 aliphatic heterocycles. The number of carbonyl (C=O) groups is 1. The fourth-order valence-corrected chi connectivity index (χ4v) is 5.30. The highest BCUT2D eigenvalue weighted by atomic mass is 35.5. The lowest BCUT2D eigenvalue weighted by atomic mass is 9.67. The van der Waals surface area contributed by atoms with E-state index in [9.17, 15) is 9.90 Å². The van der Waals surface area contributed by atoms with E-state index in [4.69, 9.17) is 11.6 Å². The zero-order valence-corrected chi connectivity index (χ0v) is 19.1. The zero-order chi connectivity index (χ0) is 22.3. The minimum absolute atomic E-state index is 0.0262. The summed E-state index contributed by atoms with van der Waals surface area (Å²) in [5, 5.41) is 14.3. The van der Waals surface area contributed by atoms with Crippen LogP contribution in [0.4, 0.5) is 0 Å². The lowest BCUT2D eigenvalue weighted by Crippen LogP contribution is -2.60. The lowest BCUT2D eigenvalue weighted by Gasteiger charge is -2.53. The molecule has 2 aliphatic rings.